The second-order valence-electron chi connectivity index (χ2n) is 6.25. The van der Waals surface area contributed by atoms with Gasteiger partial charge in [-0.2, -0.15) is 0 Å². The van der Waals surface area contributed by atoms with Gasteiger partial charge in [0.2, 0.25) is 10.0 Å². The summed E-state index contributed by atoms with van der Waals surface area (Å²) in [6.45, 7) is 0.499. The monoisotopic (exact) mass is 403 g/mol. The van der Waals surface area contributed by atoms with Crippen LogP contribution in [0.5, 0.6) is 0 Å². The molecule has 0 unspecified atom stereocenters. The molecule has 0 saturated heterocycles. The zero-order chi connectivity index (χ0) is 19.4. The third-order valence-electron chi connectivity index (χ3n) is 4.07. The fraction of sp³-hybridized carbons (Fsp3) is 0.263. The van der Waals surface area contributed by atoms with Crippen molar-refractivity contribution in [3.8, 4) is 0 Å². The number of nitrogens with zero attached hydrogens (tertiary/aromatic N) is 2. The van der Waals surface area contributed by atoms with E-state index in [4.69, 9.17) is 0 Å². The van der Waals surface area contributed by atoms with Crippen molar-refractivity contribution in [3.63, 3.8) is 0 Å². The third-order valence-corrected chi connectivity index (χ3v) is 6.97. The van der Waals surface area contributed by atoms with E-state index in [0.29, 0.717) is 12.1 Å². The molecule has 0 saturated carbocycles. The Kier molecular flexibility index (Phi) is 5.88. The molecule has 0 aliphatic heterocycles. The van der Waals surface area contributed by atoms with Crippen LogP contribution in [0, 0.1) is 0 Å². The summed E-state index contributed by atoms with van der Waals surface area (Å²) >= 11 is 1.66. The van der Waals surface area contributed by atoms with Gasteiger partial charge >= 0.3 is 0 Å². The normalized spacial score (nSPS) is 11.8. The number of para-hydroxylation sites is 1. The van der Waals surface area contributed by atoms with Gasteiger partial charge in [-0.3, -0.25) is 4.79 Å². The number of amides is 1. The van der Waals surface area contributed by atoms with Gasteiger partial charge in [-0.1, -0.05) is 18.2 Å². The van der Waals surface area contributed by atoms with Crippen molar-refractivity contribution in [2.24, 2.45) is 0 Å². The Morgan fingerprint density at radius 2 is 1.93 bits per heavy atom. The topological polar surface area (TPSA) is 79.4 Å². The summed E-state index contributed by atoms with van der Waals surface area (Å²) in [6.07, 6.45) is 1.55. The summed E-state index contributed by atoms with van der Waals surface area (Å²) in [5.74, 6) is -0.282. The summed E-state index contributed by atoms with van der Waals surface area (Å²) in [5.41, 5.74) is 1.33. The van der Waals surface area contributed by atoms with Crippen molar-refractivity contribution < 1.29 is 13.2 Å². The van der Waals surface area contributed by atoms with E-state index in [0.717, 1.165) is 32.4 Å². The molecule has 1 N–H and O–H groups in total. The molecule has 1 heterocycles. The van der Waals surface area contributed by atoms with Gasteiger partial charge in [0.25, 0.3) is 5.91 Å². The van der Waals surface area contributed by atoms with E-state index in [1.807, 2.05) is 24.3 Å². The van der Waals surface area contributed by atoms with Crippen LogP contribution in [-0.4, -0.2) is 44.3 Å². The smallest absolute Gasteiger partial charge is 0.251 e. The summed E-state index contributed by atoms with van der Waals surface area (Å²) < 4.78 is 26.7. The number of nitrogens with one attached hydrogen (secondary N) is 1. The van der Waals surface area contributed by atoms with Gasteiger partial charge in [0, 0.05) is 32.6 Å². The van der Waals surface area contributed by atoms with Gasteiger partial charge < -0.3 is 5.32 Å². The van der Waals surface area contributed by atoms with Gasteiger partial charge in [-0.05, 0) is 36.8 Å². The zero-order valence-electron chi connectivity index (χ0n) is 15.2. The molecule has 6 nitrogen and oxygen atoms in total. The van der Waals surface area contributed by atoms with Crippen LogP contribution in [0.3, 0.4) is 0 Å². The SMILES string of the molecule is CN(C)S(=O)(=O)c1cccc(C(=O)NCCCc2nc3ccccc3s2)c1. The first-order valence-corrected chi connectivity index (χ1v) is 10.8. The molecule has 142 valence electrons. The molecule has 0 aliphatic carbocycles. The number of hydrogen-bond donors (Lipinski definition) is 1. The Bertz CT molecular complexity index is 1030. The fourth-order valence-corrected chi connectivity index (χ4v) is 4.54. The lowest BCUT2D eigenvalue weighted by Crippen LogP contribution is -2.26. The molecule has 0 fully saturated rings. The van der Waals surface area contributed by atoms with E-state index in [9.17, 15) is 13.2 Å². The molecule has 2 aromatic carbocycles. The highest BCUT2D eigenvalue weighted by molar-refractivity contribution is 7.89. The number of aromatic nitrogens is 1. The number of sulfonamides is 1. The lowest BCUT2D eigenvalue weighted by molar-refractivity contribution is 0.0953. The minimum absolute atomic E-state index is 0.106. The number of benzene rings is 2. The van der Waals surface area contributed by atoms with E-state index < -0.39 is 10.0 Å². The molecule has 3 rings (SSSR count). The van der Waals surface area contributed by atoms with E-state index >= 15 is 0 Å². The van der Waals surface area contributed by atoms with Crippen LogP contribution in [0.4, 0.5) is 0 Å². The van der Waals surface area contributed by atoms with Crippen molar-refractivity contribution in [2.75, 3.05) is 20.6 Å². The maximum absolute atomic E-state index is 12.3. The van der Waals surface area contributed by atoms with Gasteiger partial charge in [-0.25, -0.2) is 17.7 Å². The highest BCUT2D eigenvalue weighted by Crippen LogP contribution is 2.22. The van der Waals surface area contributed by atoms with Crippen LogP contribution in [0.15, 0.2) is 53.4 Å². The van der Waals surface area contributed by atoms with E-state index in [-0.39, 0.29) is 10.8 Å². The first kappa shape index (κ1) is 19.5. The first-order chi connectivity index (χ1) is 12.9. The predicted molar refractivity (Wildman–Crippen MR) is 108 cm³/mol. The van der Waals surface area contributed by atoms with Crippen molar-refractivity contribution in [3.05, 3.63) is 59.1 Å². The summed E-state index contributed by atoms with van der Waals surface area (Å²) in [5, 5.41) is 3.89. The molecule has 0 spiro atoms. The molecule has 1 aromatic heterocycles. The molecule has 27 heavy (non-hydrogen) atoms. The van der Waals surface area contributed by atoms with Gasteiger partial charge in [-0.15, -0.1) is 11.3 Å². The van der Waals surface area contributed by atoms with E-state index in [1.54, 1.807) is 23.5 Å². The number of carbonyl (C=O) groups is 1. The quantitative estimate of drug-likeness (QED) is 0.615. The van der Waals surface area contributed by atoms with Crippen LogP contribution in [-0.2, 0) is 16.4 Å². The van der Waals surface area contributed by atoms with Crippen LogP contribution >= 0.6 is 11.3 Å². The average Bonchev–Trinajstić information content (AvgIpc) is 3.08. The zero-order valence-corrected chi connectivity index (χ0v) is 16.8. The molecular weight excluding hydrogens is 382 g/mol. The summed E-state index contributed by atoms with van der Waals surface area (Å²) in [6, 6.07) is 14.1. The Hall–Kier alpha value is -2.29. The second-order valence-corrected chi connectivity index (χ2v) is 9.52. The van der Waals surface area contributed by atoms with Crippen LogP contribution < -0.4 is 5.32 Å². The predicted octanol–water partition coefficient (Wildman–Crippen LogP) is 2.91. The Labute approximate surface area is 162 Å². The van der Waals surface area contributed by atoms with Crippen LogP contribution in [0.1, 0.15) is 21.8 Å². The summed E-state index contributed by atoms with van der Waals surface area (Å²) in [7, 11) is -0.636. The van der Waals surface area contributed by atoms with Gasteiger partial charge in [0.05, 0.1) is 20.1 Å². The number of thiazole rings is 1. The Morgan fingerprint density at radius 1 is 1.15 bits per heavy atom. The van der Waals surface area contributed by atoms with Crippen molar-refractivity contribution in [1.29, 1.82) is 0 Å². The van der Waals surface area contributed by atoms with Crippen LogP contribution in [0.25, 0.3) is 10.2 Å². The molecule has 3 aromatic rings. The lowest BCUT2D eigenvalue weighted by Gasteiger charge is -2.12. The standard InChI is InChI=1S/C19H21N3O3S2/c1-22(2)27(24,25)15-8-5-7-14(13-15)19(23)20-12-6-11-18-21-16-9-3-4-10-17(16)26-18/h3-5,7-10,13H,6,11-12H2,1-2H3,(H,20,23). The molecule has 8 heteroatoms. The third kappa shape index (κ3) is 4.52. The molecule has 1 amide bonds. The highest BCUT2D eigenvalue weighted by atomic mass is 32.2. The molecule has 0 radical (unpaired) electrons. The molecule has 0 atom stereocenters. The Morgan fingerprint density at radius 3 is 2.67 bits per heavy atom. The largest absolute Gasteiger partial charge is 0.352 e. The maximum atomic E-state index is 12.3. The molecule has 0 bridgehead atoms. The van der Waals surface area contributed by atoms with Gasteiger partial charge in [0.1, 0.15) is 0 Å². The number of rotatable bonds is 7. The number of aryl methyl sites for hydroxylation is 1. The van der Waals surface area contributed by atoms with Crippen LogP contribution in [0.2, 0.25) is 0 Å². The first-order valence-electron chi connectivity index (χ1n) is 8.53. The second kappa shape index (κ2) is 8.16. The van der Waals surface area contributed by atoms with Crippen molar-refractivity contribution >= 4 is 37.5 Å². The van der Waals surface area contributed by atoms with Crippen molar-refractivity contribution in [1.82, 2.24) is 14.6 Å². The number of fused-ring (bicyclic) bond motifs is 1. The molecular formula is C19H21N3O3S2. The average molecular weight is 404 g/mol. The number of hydrogen-bond acceptors (Lipinski definition) is 5. The van der Waals surface area contributed by atoms with Gasteiger partial charge in [0.15, 0.2) is 0 Å². The highest BCUT2D eigenvalue weighted by Gasteiger charge is 2.18. The molecule has 0 aliphatic rings. The summed E-state index contributed by atoms with van der Waals surface area (Å²) in [4.78, 5) is 17.0. The lowest BCUT2D eigenvalue weighted by atomic mass is 10.2. The van der Waals surface area contributed by atoms with E-state index in [1.165, 1.54) is 26.2 Å². The van der Waals surface area contributed by atoms with E-state index in [2.05, 4.69) is 10.3 Å². The minimum Gasteiger partial charge on any atom is -0.352 e. The maximum Gasteiger partial charge on any atom is 0.251 e. The fourth-order valence-electron chi connectivity index (χ4n) is 2.58. The Balaban J connectivity index is 1.56. The van der Waals surface area contributed by atoms with Crippen molar-refractivity contribution in [2.45, 2.75) is 17.7 Å². The number of carbonyl (C=O) groups excluding carboxylic acids is 1. The minimum atomic E-state index is -3.56.